The van der Waals surface area contributed by atoms with Crippen LogP contribution in [0.2, 0.25) is 0 Å². The van der Waals surface area contributed by atoms with Crippen LogP contribution < -0.4 is 0 Å². The van der Waals surface area contributed by atoms with E-state index in [1.807, 2.05) is 19.2 Å². The van der Waals surface area contributed by atoms with Gasteiger partial charge in [-0.1, -0.05) is 31.0 Å². The Labute approximate surface area is 72.0 Å². The molecule has 0 saturated heterocycles. The van der Waals surface area contributed by atoms with Crippen molar-refractivity contribution in [2.24, 2.45) is 0 Å². The molecule has 0 heterocycles. The van der Waals surface area contributed by atoms with E-state index in [4.69, 9.17) is 0 Å². The Balaban J connectivity index is 2.78. The summed E-state index contributed by atoms with van der Waals surface area (Å²) in [5.74, 6) is 0.327. The fourth-order valence-electron chi connectivity index (χ4n) is 0.891. The van der Waals surface area contributed by atoms with Crippen LogP contribution in [0.25, 0.3) is 0 Å². The molecule has 0 saturated carbocycles. The maximum Gasteiger partial charge on any atom is 0.120 e. The molecule has 0 unspecified atom stereocenters. The van der Waals surface area contributed by atoms with E-state index in [-0.39, 0.29) is 0 Å². The highest BCUT2D eigenvalue weighted by Gasteiger charge is 1.99. The lowest BCUT2D eigenvalue weighted by Crippen LogP contribution is -2.03. The van der Waals surface area contributed by atoms with Crippen molar-refractivity contribution in [1.29, 1.82) is 0 Å². The van der Waals surface area contributed by atoms with Gasteiger partial charge < -0.3 is 5.11 Å². The lowest BCUT2D eigenvalue weighted by Gasteiger charge is -2.08. The van der Waals surface area contributed by atoms with Crippen LogP contribution in [0, 0.1) is 0 Å². The largest absolute Gasteiger partial charge is 0.508 e. The molecule has 0 atom stereocenters. The Kier molecular flexibility index (Phi) is 2.79. The van der Waals surface area contributed by atoms with Crippen LogP contribution in [0.5, 0.6) is 5.75 Å². The first kappa shape index (κ1) is 8.43. The second-order valence-corrected chi connectivity index (χ2v) is 3.13. The summed E-state index contributed by atoms with van der Waals surface area (Å²) in [6.45, 7) is 0.649. The van der Waals surface area contributed by atoms with Crippen LogP contribution in [0.3, 0.4) is 0 Å². The summed E-state index contributed by atoms with van der Waals surface area (Å²) in [5.41, 5.74) is 0.894. The molecule has 1 aromatic carbocycles. The number of aromatic hydroxyl groups is 1. The average Bonchev–Trinajstić information content (AvgIpc) is 1.93. The maximum atomic E-state index is 9.30. The quantitative estimate of drug-likeness (QED) is 0.658. The molecule has 0 amide bonds. The molecule has 0 radical (unpaired) electrons. The first-order valence-corrected chi connectivity index (χ1v) is 3.77. The zero-order chi connectivity index (χ0) is 8.27. The van der Waals surface area contributed by atoms with Crippen LogP contribution in [0.15, 0.2) is 24.3 Å². The highest BCUT2D eigenvalue weighted by molar-refractivity contribution is 7.77. The highest BCUT2D eigenvalue weighted by Crippen LogP contribution is 2.17. The first-order valence-electron chi connectivity index (χ1n) is 3.37. The Hall–Kier alpha value is -0.670. The monoisotopic (exact) mass is 169 g/mol. The van der Waals surface area contributed by atoms with Gasteiger partial charge in [0.1, 0.15) is 5.75 Å². The predicted molar refractivity (Wildman–Crippen MR) is 48.6 cm³/mol. The molecule has 0 spiro atoms. The van der Waals surface area contributed by atoms with E-state index in [0.717, 1.165) is 5.56 Å². The summed E-state index contributed by atoms with van der Waals surface area (Å²) in [6.07, 6.45) is 0. The topological polar surface area (TPSA) is 23.5 Å². The van der Waals surface area contributed by atoms with Gasteiger partial charge in [0, 0.05) is 12.1 Å². The molecule has 60 valence electrons. The molecule has 1 N–H and O–H groups in total. The van der Waals surface area contributed by atoms with Crippen LogP contribution in [-0.4, -0.2) is 16.5 Å². The Morgan fingerprint density at radius 2 is 2.09 bits per heavy atom. The highest BCUT2D eigenvalue weighted by atomic mass is 32.1. The predicted octanol–water partition coefficient (Wildman–Crippen LogP) is 1.67. The van der Waals surface area contributed by atoms with Gasteiger partial charge >= 0.3 is 0 Å². The van der Waals surface area contributed by atoms with Crippen LogP contribution >= 0.6 is 12.8 Å². The van der Waals surface area contributed by atoms with Gasteiger partial charge in [-0.15, -0.1) is 0 Å². The summed E-state index contributed by atoms with van der Waals surface area (Å²) in [4.78, 5) is 0. The Morgan fingerprint density at radius 1 is 1.45 bits per heavy atom. The number of hydrogen-bond acceptors (Lipinski definition) is 3. The second kappa shape index (κ2) is 3.64. The lowest BCUT2D eigenvalue weighted by molar-refractivity contribution is 0.455. The minimum absolute atomic E-state index is 0.327. The lowest BCUT2D eigenvalue weighted by atomic mass is 10.2. The zero-order valence-electron chi connectivity index (χ0n) is 6.36. The van der Waals surface area contributed by atoms with Crippen molar-refractivity contribution in [3.8, 4) is 5.75 Å². The third-order valence-electron chi connectivity index (χ3n) is 1.39. The van der Waals surface area contributed by atoms with Gasteiger partial charge in [-0.25, -0.2) is 0 Å². The third-order valence-corrected chi connectivity index (χ3v) is 1.53. The van der Waals surface area contributed by atoms with Gasteiger partial charge in [0.05, 0.1) is 0 Å². The number of benzene rings is 1. The van der Waals surface area contributed by atoms with Gasteiger partial charge in [-0.3, -0.25) is 4.31 Å². The summed E-state index contributed by atoms with van der Waals surface area (Å²) in [5, 5.41) is 9.30. The van der Waals surface area contributed by atoms with Gasteiger partial charge in [0.15, 0.2) is 0 Å². The molecule has 0 aliphatic rings. The van der Waals surface area contributed by atoms with Crippen LogP contribution in [-0.2, 0) is 6.54 Å². The molecule has 0 aromatic heterocycles. The molecule has 0 aliphatic carbocycles. The van der Waals surface area contributed by atoms with Crippen molar-refractivity contribution >= 4 is 12.8 Å². The molecule has 3 heteroatoms. The molecule has 2 nitrogen and oxygen atoms in total. The SMILES string of the molecule is CN(S)Cc1ccccc1O. The van der Waals surface area contributed by atoms with E-state index in [1.165, 1.54) is 0 Å². The number of para-hydroxylation sites is 1. The van der Waals surface area contributed by atoms with Crippen molar-refractivity contribution in [3.05, 3.63) is 29.8 Å². The fraction of sp³-hybridized carbons (Fsp3) is 0.250. The third kappa shape index (κ3) is 2.44. The minimum atomic E-state index is 0.327. The van der Waals surface area contributed by atoms with Gasteiger partial charge in [0.25, 0.3) is 0 Å². The molecule has 1 rings (SSSR count). The van der Waals surface area contributed by atoms with Crippen LogP contribution in [0.1, 0.15) is 5.56 Å². The zero-order valence-corrected chi connectivity index (χ0v) is 7.25. The van der Waals surface area contributed by atoms with Crippen LogP contribution in [0.4, 0.5) is 0 Å². The number of phenols is 1. The summed E-state index contributed by atoms with van der Waals surface area (Å²) >= 11 is 4.08. The van der Waals surface area contributed by atoms with E-state index in [0.29, 0.717) is 12.3 Å². The molecule has 0 fully saturated rings. The smallest absolute Gasteiger partial charge is 0.120 e. The molecule has 1 aromatic rings. The number of phenolic OH excluding ortho intramolecular Hbond substituents is 1. The average molecular weight is 169 g/mol. The normalized spacial score (nSPS) is 10.5. The molecule has 0 bridgehead atoms. The van der Waals surface area contributed by atoms with E-state index in [1.54, 1.807) is 16.4 Å². The molecule has 11 heavy (non-hydrogen) atoms. The maximum absolute atomic E-state index is 9.30. The minimum Gasteiger partial charge on any atom is -0.508 e. The Bertz CT molecular complexity index is 237. The van der Waals surface area contributed by atoms with Crippen molar-refractivity contribution in [1.82, 2.24) is 4.31 Å². The molecular formula is C8H11NOS. The summed E-state index contributed by atoms with van der Waals surface area (Å²) in [7, 11) is 1.84. The van der Waals surface area contributed by atoms with Gasteiger partial charge in [-0.05, 0) is 13.1 Å². The summed E-state index contributed by atoms with van der Waals surface area (Å²) in [6, 6.07) is 7.25. The second-order valence-electron chi connectivity index (χ2n) is 2.44. The molecular weight excluding hydrogens is 158 g/mol. The summed E-state index contributed by atoms with van der Waals surface area (Å²) < 4.78 is 1.72. The van der Waals surface area contributed by atoms with Crippen molar-refractivity contribution < 1.29 is 5.11 Å². The van der Waals surface area contributed by atoms with E-state index in [9.17, 15) is 5.11 Å². The number of rotatable bonds is 2. The van der Waals surface area contributed by atoms with Crippen molar-refractivity contribution in [3.63, 3.8) is 0 Å². The number of nitrogens with zero attached hydrogens (tertiary/aromatic N) is 1. The first-order chi connectivity index (χ1) is 5.20. The Morgan fingerprint density at radius 3 is 2.64 bits per heavy atom. The van der Waals surface area contributed by atoms with E-state index in [2.05, 4.69) is 12.8 Å². The van der Waals surface area contributed by atoms with Crippen molar-refractivity contribution in [2.75, 3.05) is 7.05 Å². The van der Waals surface area contributed by atoms with Gasteiger partial charge in [0.2, 0.25) is 0 Å². The van der Waals surface area contributed by atoms with Crippen molar-refractivity contribution in [2.45, 2.75) is 6.54 Å². The van der Waals surface area contributed by atoms with E-state index < -0.39 is 0 Å². The van der Waals surface area contributed by atoms with E-state index >= 15 is 0 Å². The number of thiol groups is 1. The standard InChI is InChI=1S/C8H11NOS/c1-9(11)6-7-4-2-3-5-8(7)10/h2-5,10-11H,6H2,1H3. The fourth-order valence-corrected chi connectivity index (χ4v) is 1.04. The number of hydrogen-bond donors (Lipinski definition) is 2. The van der Waals surface area contributed by atoms with Gasteiger partial charge in [-0.2, -0.15) is 0 Å². The molecule has 0 aliphatic heterocycles.